The highest BCUT2D eigenvalue weighted by atomic mass is 32.1. The van der Waals surface area contributed by atoms with Gasteiger partial charge in [-0.2, -0.15) is 0 Å². The molecular weight excluding hydrogens is 212 g/mol. The maximum Gasteiger partial charge on any atom is 0.273 e. The lowest BCUT2D eigenvalue weighted by molar-refractivity contribution is -0.0861. The first-order valence-electron chi connectivity index (χ1n) is 5.04. The fourth-order valence-electron chi connectivity index (χ4n) is 1.91. The Labute approximate surface area is 92.6 Å². The summed E-state index contributed by atoms with van der Waals surface area (Å²) < 4.78 is 0. The standard InChI is InChI=1S/C10H14N2O2S/c1-2-3-10(14)5-12(6-10)9(13)8-4-15-7-11-8/h4,7,14H,2-3,5-6H2,1H3. The average Bonchev–Trinajstić information content (AvgIpc) is 2.66. The molecule has 0 aliphatic carbocycles. The first kappa shape index (κ1) is 10.6. The van der Waals surface area contributed by atoms with Gasteiger partial charge >= 0.3 is 0 Å². The van der Waals surface area contributed by atoms with Crippen LogP contribution in [0.15, 0.2) is 10.9 Å². The smallest absolute Gasteiger partial charge is 0.273 e. The Morgan fingerprint density at radius 1 is 1.73 bits per heavy atom. The van der Waals surface area contributed by atoms with Gasteiger partial charge in [-0.3, -0.25) is 4.79 Å². The maximum atomic E-state index is 11.7. The largest absolute Gasteiger partial charge is 0.386 e. The molecule has 2 rings (SSSR count). The molecule has 1 aromatic rings. The van der Waals surface area contributed by atoms with Crippen molar-refractivity contribution in [1.82, 2.24) is 9.88 Å². The van der Waals surface area contributed by atoms with E-state index in [1.807, 2.05) is 6.92 Å². The second kappa shape index (κ2) is 3.90. The van der Waals surface area contributed by atoms with Gasteiger partial charge in [0.15, 0.2) is 0 Å². The summed E-state index contributed by atoms with van der Waals surface area (Å²) in [7, 11) is 0. The summed E-state index contributed by atoms with van der Waals surface area (Å²) in [5.41, 5.74) is 1.48. The van der Waals surface area contributed by atoms with Gasteiger partial charge in [0.1, 0.15) is 5.69 Å². The lowest BCUT2D eigenvalue weighted by Gasteiger charge is -2.46. The zero-order chi connectivity index (χ0) is 10.9. The van der Waals surface area contributed by atoms with Gasteiger partial charge in [0.25, 0.3) is 5.91 Å². The first-order chi connectivity index (χ1) is 7.14. The van der Waals surface area contributed by atoms with E-state index in [-0.39, 0.29) is 5.91 Å². The second-order valence-corrected chi connectivity index (χ2v) is 4.73. The summed E-state index contributed by atoms with van der Waals surface area (Å²) in [6.45, 7) is 2.91. The van der Waals surface area contributed by atoms with Crippen molar-refractivity contribution >= 4 is 17.2 Å². The van der Waals surface area contributed by atoms with Crippen molar-refractivity contribution in [2.24, 2.45) is 0 Å². The van der Waals surface area contributed by atoms with E-state index in [9.17, 15) is 9.90 Å². The second-order valence-electron chi connectivity index (χ2n) is 4.01. The number of carbonyl (C=O) groups excluding carboxylic acids is 1. The highest BCUT2D eigenvalue weighted by molar-refractivity contribution is 7.07. The van der Waals surface area contributed by atoms with Gasteiger partial charge in [0.2, 0.25) is 0 Å². The molecule has 15 heavy (non-hydrogen) atoms. The van der Waals surface area contributed by atoms with Crippen LogP contribution in [0.5, 0.6) is 0 Å². The van der Waals surface area contributed by atoms with Crippen LogP contribution in [-0.2, 0) is 0 Å². The highest BCUT2D eigenvalue weighted by Crippen LogP contribution is 2.27. The lowest BCUT2D eigenvalue weighted by atomic mass is 9.89. The Balaban J connectivity index is 1.92. The SMILES string of the molecule is CCCC1(O)CN(C(=O)c2cscn2)C1. The molecule has 2 heterocycles. The molecule has 1 saturated heterocycles. The molecule has 1 amide bonds. The normalized spacial score (nSPS) is 18.7. The summed E-state index contributed by atoms with van der Waals surface area (Å²) >= 11 is 1.41. The number of aromatic nitrogens is 1. The van der Waals surface area contributed by atoms with Gasteiger partial charge in [-0.15, -0.1) is 11.3 Å². The van der Waals surface area contributed by atoms with Crippen LogP contribution in [0, 0.1) is 0 Å². The number of aliphatic hydroxyl groups is 1. The van der Waals surface area contributed by atoms with Crippen molar-refractivity contribution < 1.29 is 9.90 Å². The van der Waals surface area contributed by atoms with E-state index >= 15 is 0 Å². The Morgan fingerprint density at radius 2 is 2.47 bits per heavy atom. The lowest BCUT2D eigenvalue weighted by Crippen LogP contribution is -2.63. The Morgan fingerprint density at radius 3 is 3.00 bits per heavy atom. The Bertz CT molecular complexity index is 344. The molecule has 1 aliphatic rings. The number of carbonyl (C=O) groups is 1. The maximum absolute atomic E-state index is 11.7. The zero-order valence-corrected chi connectivity index (χ0v) is 9.46. The van der Waals surface area contributed by atoms with Gasteiger partial charge in [-0.05, 0) is 6.42 Å². The van der Waals surface area contributed by atoms with Crippen molar-refractivity contribution in [3.8, 4) is 0 Å². The van der Waals surface area contributed by atoms with E-state index in [4.69, 9.17) is 0 Å². The molecule has 0 spiro atoms. The predicted octanol–water partition coefficient (Wildman–Crippen LogP) is 1.13. The van der Waals surface area contributed by atoms with Crippen LogP contribution in [0.4, 0.5) is 0 Å². The van der Waals surface area contributed by atoms with Crippen LogP contribution in [0.3, 0.4) is 0 Å². The van der Waals surface area contributed by atoms with Gasteiger partial charge in [-0.1, -0.05) is 13.3 Å². The summed E-state index contributed by atoms with van der Waals surface area (Å²) in [6, 6.07) is 0. The van der Waals surface area contributed by atoms with Gasteiger partial charge in [0, 0.05) is 5.38 Å². The molecule has 0 atom stereocenters. The van der Waals surface area contributed by atoms with Crippen LogP contribution in [-0.4, -0.2) is 39.6 Å². The molecule has 0 unspecified atom stereocenters. The molecule has 1 aliphatic heterocycles. The molecule has 0 saturated carbocycles. The molecule has 1 aromatic heterocycles. The Kier molecular flexibility index (Phi) is 2.75. The third-order valence-electron chi connectivity index (χ3n) is 2.62. The molecule has 0 radical (unpaired) electrons. The number of thiazole rings is 1. The minimum absolute atomic E-state index is 0.0722. The van der Waals surface area contributed by atoms with Gasteiger partial charge in [0.05, 0.1) is 24.2 Å². The fourth-order valence-corrected chi connectivity index (χ4v) is 2.44. The summed E-state index contributed by atoms with van der Waals surface area (Å²) in [4.78, 5) is 17.3. The van der Waals surface area contributed by atoms with E-state index in [1.54, 1.807) is 15.8 Å². The topological polar surface area (TPSA) is 53.4 Å². The quantitative estimate of drug-likeness (QED) is 0.840. The third kappa shape index (κ3) is 2.03. The summed E-state index contributed by atoms with van der Waals surface area (Å²) in [5, 5.41) is 11.7. The first-order valence-corrected chi connectivity index (χ1v) is 5.99. The molecular formula is C10H14N2O2S. The van der Waals surface area contributed by atoms with E-state index in [0.29, 0.717) is 18.8 Å². The summed E-state index contributed by atoms with van der Waals surface area (Å²) in [6.07, 6.45) is 1.70. The van der Waals surface area contributed by atoms with Crippen LogP contribution in [0.25, 0.3) is 0 Å². The minimum Gasteiger partial charge on any atom is -0.386 e. The summed E-state index contributed by atoms with van der Waals surface area (Å²) in [5.74, 6) is -0.0722. The van der Waals surface area contributed by atoms with E-state index in [0.717, 1.165) is 12.8 Å². The number of nitrogens with zero attached hydrogens (tertiary/aromatic N) is 2. The third-order valence-corrected chi connectivity index (χ3v) is 3.21. The van der Waals surface area contributed by atoms with E-state index < -0.39 is 5.60 Å². The average molecular weight is 226 g/mol. The van der Waals surface area contributed by atoms with Gasteiger partial charge < -0.3 is 10.0 Å². The molecule has 82 valence electrons. The van der Waals surface area contributed by atoms with Crippen LogP contribution in [0.2, 0.25) is 0 Å². The molecule has 4 nitrogen and oxygen atoms in total. The fraction of sp³-hybridized carbons (Fsp3) is 0.600. The highest BCUT2D eigenvalue weighted by Gasteiger charge is 2.43. The van der Waals surface area contributed by atoms with Crippen LogP contribution < -0.4 is 0 Å². The zero-order valence-electron chi connectivity index (χ0n) is 8.64. The van der Waals surface area contributed by atoms with Crippen LogP contribution >= 0.6 is 11.3 Å². The number of likely N-dealkylation sites (tertiary alicyclic amines) is 1. The van der Waals surface area contributed by atoms with Crippen molar-refractivity contribution in [3.05, 3.63) is 16.6 Å². The van der Waals surface area contributed by atoms with E-state index in [2.05, 4.69) is 4.98 Å². The van der Waals surface area contributed by atoms with E-state index in [1.165, 1.54) is 11.3 Å². The van der Waals surface area contributed by atoms with Crippen molar-refractivity contribution in [3.63, 3.8) is 0 Å². The molecule has 0 bridgehead atoms. The molecule has 1 N–H and O–H groups in total. The molecule has 1 fully saturated rings. The van der Waals surface area contributed by atoms with Crippen molar-refractivity contribution in [2.75, 3.05) is 13.1 Å². The van der Waals surface area contributed by atoms with Gasteiger partial charge in [-0.25, -0.2) is 4.98 Å². The minimum atomic E-state index is -0.652. The predicted molar refractivity (Wildman–Crippen MR) is 57.9 cm³/mol. The van der Waals surface area contributed by atoms with Crippen LogP contribution in [0.1, 0.15) is 30.3 Å². The number of amides is 1. The number of hydrogen-bond donors (Lipinski definition) is 1. The monoisotopic (exact) mass is 226 g/mol. The van der Waals surface area contributed by atoms with Crippen molar-refractivity contribution in [1.29, 1.82) is 0 Å². The number of rotatable bonds is 3. The Hall–Kier alpha value is -0.940. The number of hydrogen-bond acceptors (Lipinski definition) is 4. The number of β-amino-alcohol motifs (C(OH)–C–C–N with tert-alkyl or cyclic N) is 1. The van der Waals surface area contributed by atoms with Crippen molar-refractivity contribution in [2.45, 2.75) is 25.4 Å². The molecule has 5 heteroatoms. The molecule has 0 aromatic carbocycles.